The second-order valence-electron chi connectivity index (χ2n) is 7.89. The highest BCUT2D eigenvalue weighted by molar-refractivity contribution is 5.84. The SMILES string of the molecule is CC(C)=Nc1c(C)ncnc1N.CCCCCCC(=O)NO.Cc1cc2c(cc1C)OCO2. The van der Waals surface area contributed by atoms with Crippen molar-refractivity contribution < 1.29 is 19.5 Å². The zero-order valence-electron chi connectivity index (χ0n) is 20.6. The first-order chi connectivity index (χ1) is 15.7. The number of carbonyl (C=O) groups is 1. The van der Waals surface area contributed by atoms with E-state index in [-0.39, 0.29) is 5.91 Å². The quantitative estimate of drug-likeness (QED) is 0.240. The summed E-state index contributed by atoms with van der Waals surface area (Å²) in [5.74, 6) is 1.89. The molecular weight excluding hydrogens is 422 g/mol. The summed E-state index contributed by atoms with van der Waals surface area (Å²) in [5, 5.41) is 8.09. The van der Waals surface area contributed by atoms with Gasteiger partial charge in [-0.05, 0) is 64.3 Å². The van der Waals surface area contributed by atoms with Crippen LogP contribution in [-0.4, -0.2) is 33.6 Å². The van der Waals surface area contributed by atoms with Crippen molar-refractivity contribution in [3.63, 3.8) is 0 Å². The van der Waals surface area contributed by atoms with Gasteiger partial charge in [0.25, 0.3) is 0 Å². The molecule has 3 rings (SSSR count). The summed E-state index contributed by atoms with van der Waals surface area (Å²) in [5.41, 5.74) is 12.1. The zero-order chi connectivity index (χ0) is 24.8. The van der Waals surface area contributed by atoms with Crippen molar-refractivity contribution in [3.05, 3.63) is 35.3 Å². The Bertz CT molecular complexity index is 878. The largest absolute Gasteiger partial charge is 0.454 e. The molecule has 4 N–H and O–H groups in total. The van der Waals surface area contributed by atoms with Gasteiger partial charge in [-0.3, -0.25) is 15.0 Å². The molecule has 0 saturated heterocycles. The van der Waals surface area contributed by atoms with Crippen LogP contribution in [-0.2, 0) is 4.79 Å². The number of hydroxylamine groups is 1. The minimum absolute atomic E-state index is 0.281. The lowest BCUT2D eigenvalue weighted by Crippen LogP contribution is -2.17. The Hall–Kier alpha value is -3.20. The van der Waals surface area contributed by atoms with Crippen molar-refractivity contribution in [1.29, 1.82) is 0 Å². The number of carbonyl (C=O) groups excluding carboxylic acids is 1. The minimum Gasteiger partial charge on any atom is -0.454 e. The van der Waals surface area contributed by atoms with Crippen LogP contribution in [0.2, 0.25) is 0 Å². The standard InChI is InChI=1S/C9H10O2.C8H12N4.C7H15NO2/c1-6-3-8-9(4-7(6)2)11-5-10-8;1-5(2)12-7-6(3)10-4-11-8(7)9;1-2-3-4-5-6-7(9)8-10/h3-4H,5H2,1-2H3;4H,1-3H3,(H2,9,10,11);10H,2-6H2,1H3,(H,8,9). The number of hydrogen-bond acceptors (Lipinski definition) is 8. The van der Waals surface area contributed by atoms with Gasteiger partial charge in [0.1, 0.15) is 12.0 Å². The van der Waals surface area contributed by atoms with Crippen molar-refractivity contribution in [1.82, 2.24) is 15.4 Å². The van der Waals surface area contributed by atoms with Crippen LogP contribution in [0.3, 0.4) is 0 Å². The van der Waals surface area contributed by atoms with Gasteiger partial charge in [-0.1, -0.05) is 26.2 Å². The fraction of sp³-hybridized carbons (Fsp3) is 0.500. The molecule has 1 aromatic heterocycles. The molecule has 9 heteroatoms. The number of ether oxygens (including phenoxy) is 2. The summed E-state index contributed by atoms with van der Waals surface area (Å²) in [6.07, 6.45) is 6.16. The molecule has 0 fully saturated rings. The highest BCUT2D eigenvalue weighted by Gasteiger charge is 2.13. The molecule has 0 saturated carbocycles. The summed E-state index contributed by atoms with van der Waals surface area (Å²) >= 11 is 0. The average Bonchev–Trinajstić information content (AvgIpc) is 3.22. The number of nitrogens with two attached hydrogens (primary N) is 1. The van der Waals surface area contributed by atoms with E-state index in [1.807, 2.05) is 32.9 Å². The number of aliphatic imine (C=N–C) groups is 1. The third-order valence-electron chi connectivity index (χ3n) is 4.74. The van der Waals surface area contributed by atoms with Gasteiger partial charge >= 0.3 is 0 Å². The summed E-state index contributed by atoms with van der Waals surface area (Å²) in [6, 6.07) is 4.02. The molecule has 0 aliphatic carbocycles. The molecule has 182 valence electrons. The van der Waals surface area contributed by atoms with E-state index in [1.165, 1.54) is 30.3 Å². The van der Waals surface area contributed by atoms with Crippen LogP contribution in [0.4, 0.5) is 11.5 Å². The molecule has 1 aliphatic rings. The first-order valence-electron chi connectivity index (χ1n) is 11.1. The number of anilines is 1. The number of nitrogens with one attached hydrogen (secondary N) is 1. The maximum Gasteiger partial charge on any atom is 0.243 e. The Balaban J connectivity index is 0.000000249. The van der Waals surface area contributed by atoms with E-state index < -0.39 is 0 Å². The van der Waals surface area contributed by atoms with Crippen LogP contribution < -0.4 is 20.7 Å². The Morgan fingerprint density at radius 3 is 2.18 bits per heavy atom. The predicted molar refractivity (Wildman–Crippen MR) is 130 cm³/mol. The molecule has 33 heavy (non-hydrogen) atoms. The minimum atomic E-state index is -0.281. The van der Waals surface area contributed by atoms with Crippen molar-refractivity contribution in [2.24, 2.45) is 4.99 Å². The number of benzene rings is 1. The highest BCUT2D eigenvalue weighted by atomic mass is 16.7. The summed E-state index contributed by atoms with van der Waals surface area (Å²) < 4.78 is 10.4. The van der Waals surface area contributed by atoms with E-state index in [2.05, 4.69) is 35.7 Å². The molecule has 2 heterocycles. The molecule has 0 spiro atoms. The third-order valence-corrected chi connectivity index (χ3v) is 4.74. The Morgan fingerprint density at radius 2 is 1.70 bits per heavy atom. The molecule has 0 atom stereocenters. The highest BCUT2D eigenvalue weighted by Crippen LogP contribution is 2.34. The molecule has 0 radical (unpaired) electrons. The van der Waals surface area contributed by atoms with Gasteiger partial charge in [-0.2, -0.15) is 0 Å². The van der Waals surface area contributed by atoms with Gasteiger partial charge in [0.05, 0.1) is 5.69 Å². The summed E-state index contributed by atoms with van der Waals surface area (Å²) in [4.78, 5) is 22.5. The fourth-order valence-electron chi connectivity index (χ4n) is 2.76. The number of aromatic nitrogens is 2. The number of hydrogen-bond donors (Lipinski definition) is 3. The Labute approximate surface area is 196 Å². The van der Waals surface area contributed by atoms with Crippen molar-refractivity contribution in [2.45, 2.75) is 73.6 Å². The maximum atomic E-state index is 10.4. The second-order valence-corrected chi connectivity index (χ2v) is 7.89. The van der Waals surface area contributed by atoms with Crippen LogP contribution in [0.5, 0.6) is 11.5 Å². The molecule has 9 nitrogen and oxygen atoms in total. The lowest BCUT2D eigenvalue weighted by Gasteiger charge is -2.01. The van der Waals surface area contributed by atoms with Crippen molar-refractivity contribution in [2.75, 3.05) is 12.5 Å². The first-order valence-corrected chi connectivity index (χ1v) is 11.1. The van der Waals surface area contributed by atoms with E-state index in [0.717, 1.165) is 35.7 Å². The van der Waals surface area contributed by atoms with Gasteiger partial charge in [-0.15, -0.1) is 0 Å². The number of unbranched alkanes of at least 4 members (excludes halogenated alkanes) is 3. The molecule has 0 bridgehead atoms. The Morgan fingerprint density at radius 1 is 1.09 bits per heavy atom. The number of nitrogen functional groups attached to an aromatic ring is 1. The van der Waals surface area contributed by atoms with E-state index >= 15 is 0 Å². The number of rotatable bonds is 6. The number of fused-ring (bicyclic) bond motifs is 1. The van der Waals surface area contributed by atoms with E-state index in [0.29, 0.717) is 24.7 Å². The van der Waals surface area contributed by atoms with Crippen LogP contribution in [0, 0.1) is 20.8 Å². The van der Waals surface area contributed by atoms with Crippen LogP contribution in [0.25, 0.3) is 0 Å². The molecule has 0 unspecified atom stereocenters. The average molecular weight is 460 g/mol. The molecule has 1 aromatic carbocycles. The van der Waals surface area contributed by atoms with E-state index in [4.69, 9.17) is 20.4 Å². The third kappa shape index (κ3) is 10.3. The Kier molecular flexibility index (Phi) is 12.5. The number of nitrogens with zero attached hydrogens (tertiary/aromatic N) is 3. The molecule has 1 aliphatic heterocycles. The van der Waals surface area contributed by atoms with Crippen LogP contribution in [0.15, 0.2) is 23.5 Å². The van der Waals surface area contributed by atoms with Crippen molar-refractivity contribution in [3.8, 4) is 11.5 Å². The van der Waals surface area contributed by atoms with Gasteiger partial charge in [-0.25, -0.2) is 15.4 Å². The molecule has 1 amide bonds. The van der Waals surface area contributed by atoms with Gasteiger partial charge < -0.3 is 15.2 Å². The topological polar surface area (TPSA) is 132 Å². The van der Waals surface area contributed by atoms with E-state index in [1.54, 1.807) is 5.48 Å². The lowest BCUT2D eigenvalue weighted by atomic mass is 10.1. The molecule has 2 aromatic rings. The predicted octanol–water partition coefficient (Wildman–Crippen LogP) is 4.97. The van der Waals surface area contributed by atoms with E-state index in [9.17, 15) is 4.79 Å². The molecular formula is C24H37N5O4. The van der Waals surface area contributed by atoms with Gasteiger partial charge in [0, 0.05) is 12.1 Å². The first kappa shape index (κ1) is 27.8. The van der Waals surface area contributed by atoms with Gasteiger partial charge in [0.15, 0.2) is 17.3 Å². The fourth-order valence-corrected chi connectivity index (χ4v) is 2.76. The maximum absolute atomic E-state index is 10.4. The lowest BCUT2D eigenvalue weighted by molar-refractivity contribution is -0.129. The zero-order valence-corrected chi connectivity index (χ0v) is 20.6. The summed E-state index contributed by atoms with van der Waals surface area (Å²) in [7, 11) is 0. The number of amides is 1. The van der Waals surface area contributed by atoms with Crippen LogP contribution >= 0.6 is 0 Å². The van der Waals surface area contributed by atoms with Crippen molar-refractivity contribution >= 4 is 23.1 Å². The number of aryl methyl sites for hydroxylation is 3. The van der Waals surface area contributed by atoms with Gasteiger partial charge in [0.2, 0.25) is 12.7 Å². The van der Waals surface area contributed by atoms with Crippen LogP contribution in [0.1, 0.15) is 69.7 Å². The smallest absolute Gasteiger partial charge is 0.243 e. The monoisotopic (exact) mass is 459 g/mol. The second kappa shape index (κ2) is 14.8. The summed E-state index contributed by atoms with van der Waals surface area (Å²) in [6.45, 7) is 12.3. The normalized spacial score (nSPS) is 10.9.